The molecule has 1 aliphatic rings. The van der Waals surface area contributed by atoms with Gasteiger partial charge in [0, 0.05) is 17.0 Å². The average Bonchev–Trinajstić information content (AvgIpc) is 2.83. The largest absolute Gasteiger partial charge is 0.493 e. The second kappa shape index (κ2) is 6.28. The van der Waals surface area contributed by atoms with Crippen LogP contribution in [0.2, 0.25) is 0 Å². The summed E-state index contributed by atoms with van der Waals surface area (Å²) in [6.45, 7) is 0.0556. The fraction of sp³-hybridized carbons (Fsp3) is 0.357. The molecule has 0 aliphatic carbocycles. The molecule has 1 atom stereocenters. The highest BCUT2D eigenvalue weighted by Gasteiger charge is 2.22. The van der Waals surface area contributed by atoms with Crippen molar-refractivity contribution >= 4 is 15.6 Å². The lowest BCUT2D eigenvalue weighted by atomic mass is 10.1. The Balaban J connectivity index is 1.99. The van der Waals surface area contributed by atoms with Gasteiger partial charge in [-0.1, -0.05) is 6.08 Å². The van der Waals surface area contributed by atoms with Gasteiger partial charge in [0.05, 0.1) is 26.5 Å². The van der Waals surface area contributed by atoms with Gasteiger partial charge in [-0.25, -0.2) is 8.42 Å². The quantitative estimate of drug-likeness (QED) is 0.782. The zero-order valence-electron chi connectivity index (χ0n) is 11.8. The van der Waals surface area contributed by atoms with Crippen molar-refractivity contribution < 1.29 is 22.7 Å². The molecule has 7 heteroatoms. The zero-order valence-corrected chi connectivity index (χ0v) is 12.6. The van der Waals surface area contributed by atoms with Crippen LogP contribution in [0, 0.1) is 0 Å². The summed E-state index contributed by atoms with van der Waals surface area (Å²) < 4.78 is 32.8. The van der Waals surface area contributed by atoms with E-state index in [4.69, 9.17) is 9.47 Å². The maximum atomic E-state index is 12.1. The number of ketones is 1. The number of rotatable bonds is 6. The predicted molar refractivity (Wildman–Crippen MR) is 78.6 cm³/mol. The Bertz CT molecular complexity index is 666. The van der Waals surface area contributed by atoms with Gasteiger partial charge in [-0.2, -0.15) is 0 Å². The number of nitrogens with one attached hydrogen (secondary N) is 1. The molecule has 2 rings (SSSR count). The Hall–Kier alpha value is -1.86. The van der Waals surface area contributed by atoms with Crippen LogP contribution in [0.5, 0.6) is 11.5 Å². The SMILES string of the molecule is COc1ccc(C(=O)CN[C@@H]2C=CS(=O)(=O)C2)cc1OC. The Kier molecular flexibility index (Phi) is 4.64. The van der Waals surface area contributed by atoms with E-state index in [-0.39, 0.29) is 24.1 Å². The van der Waals surface area contributed by atoms with Gasteiger partial charge in [-0.15, -0.1) is 0 Å². The lowest BCUT2D eigenvalue weighted by molar-refractivity contribution is 0.0989. The first-order valence-electron chi connectivity index (χ1n) is 6.35. The number of methoxy groups -OCH3 is 2. The Morgan fingerprint density at radius 3 is 2.57 bits per heavy atom. The van der Waals surface area contributed by atoms with Gasteiger partial charge in [0.25, 0.3) is 0 Å². The number of hydrogen-bond donors (Lipinski definition) is 1. The summed E-state index contributed by atoms with van der Waals surface area (Å²) in [7, 11) is -0.0984. The number of carbonyl (C=O) groups is 1. The Morgan fingerprint density at radius 1 is 1.29 bits per heavy atom. The molecule has 21 heavy (non-hydrogen) atoms. The van der Waals surface area contributed by atoms with Gasteiger partial charge in [-0.05, 0) is 18.2 Å². The second-order valence-electron chi connectivity index (χ2n) is 4.64. The van der Waals surface area contributed by atoms with Crippen LogP contribution < -0.4 is 14.8 Å². The summed E-state index contributed by atoms with van der Waals surface area (Å²) in [5, 5.41) is 4.09. The minimum Gasteiger partial charge on any atom is -0.493 e. The molecule has 1 N–H and O–H groups in total. The van der Waals surface area contributed by atoms with Crippen molar-refractivity contribution in [2.75, 3.05) is 26.5 Å². The molecule has 1 aromatic carbocycles. The van der Waals surface area contributed by atoms with Gasteiger partial charge in [-0.3, -0.25) is 4.79 Å². The standard InChI is InChI=1S/C14H17NO5S/c1-19-13-4-3-10(7-14(13)20-2)12(16)8-15-11-5-6-21(17,18)9-11/h3-7,11,15H,8-9H2,1-2H3/t11-/m1/s1. The van der Waals surface area contributed by atoms with Crippen molar-refractivity contribution in [3.8, 4) is 11.5 Å². The molecule has 0 bridgehead atoms. The highest BCUT2D eigenvalue weighted by atomic mass is 32.2. The van der Waals surface area contributed by atoms with Gasteiger partial charge in [0.15, 0.2) is 27.1 Å². The highest BCUT2D eigenvalue weighted by Crippen LogP contribution is 2.27. The van der Waals surface area contributed by atoms with E-state index < -0.39 is 9.84 Å². The summed E-state index contributed by atoms with van der Waals surface area (Å²) in [5.41, 5.74) is 0.477. The lowest BCUT2D eigenvalue weighted by Gasteiger charge is -2.11. The summed E-state index contributed by atoms with van der Waals surface area (Å²) in [6, 6.07) is 4.59. The second-order valence-corrected chi connectivity index (χ2v) is 6.57. The predicted octanol–water partition coefficient (Wildman–Crippen LogP) is 0.787. The zero-order chi connectivity index (χ0) is 15.5. The summed E-state index contributed by atoms with van der Waals surface area (Å²) in [5.74, 6) is 0.874. The van der Waals surface area contributed by atoms with Crippen molar-refractivity contribution in [1.82, 2.24) is 5.32 Å². The topological polar surface area (TPSA) is 81.7 Å². The smallest absolute Gasteiger partial charge is 0.176 e. The van der Waals surface area contributed by atoms with E-state index in [1.54, 1.807) is 24.3 Å². The van der Waals surface area contributed by atoms with Crippen molar-refractivity contribution in [3.05, 3.63) is 35.2 Å². The van der Waals surface area contributed by atoms with E-state index in [0.29, 0.717) is 17.1 Å². The van der Waals surface area contributed by atoms with Crippen LogP contribution >= 0.6 is 0 Å². The van der Waals surface area contributed by atoms with Crippen LogP contribution in [0.15, 0.2) is 29.7 Å². The lowest BCUT2D eigenvalue weighted by Crippen LogP contribution is -2.34. The van der Waals surface area contributed by atoms with Crippen LogP contribution in [0.3, 0.4) is 0 Å². The maximum absolute atomic E-state index is 12.1. The fourth-order valence-corrected chi connectivity index (χ4v) is 3.31. The first kappa shape index (κ1) is 15.5. The third-order valence-corrected chi connectivity index (χ3v) is 4.56. The van der Waals surface area contributed by atoms with Gasteiger partial charge in [0.2, 0.25) is 0 Å². The molecular weight excluding hydrogens is 294 g/mol. The van der Waals surface area contributed by atoms with E-state index in [2.05, 4.69) is 5.32 Å². The maximum Gasteiger partial charge on any atom is 0.176 e. The van der Waals surface area contributed by atoms with Crippen LogP contribution in [-0.4, -0.2) is 46.8 Å². The Labute approximate surface area is 123 Å². The van der Waals surface area contributed by atoms with Crippen molar-refractivity contribution in [2.45, 2.75) is 6.04 Å². The van der Waals surface area contributed by atoms with E-state index in [0.717, 1.165) is 0 Å². The Morgan fingerprint density at radius 2 is 2.00 bits per heavy atom. The summed E-state index contributed by atoms with van der Waals surface area (Å²) in [6.07, 6.45) is 1.55. The number of benzene rings is 1. The molecule has 1 aromatic rings. The van der Waals surface area contributed by atoms with E-state index in [1.807, 2.05) is 0 Å². The fourth-order valence-electron chi connectivity index (χ4n) is 2.04. The first-order chi connectivity index (χ1) is 9.95. The van der Waals surface area contributed by atoms with Crippen LogP contribution in [0.1, 0.15) is 10.4 Å². The molecule has 0 radical (unpaired) electrons. The minimum atomic E-state index is -3.12. The van der Waals surface area contributed by atoms with Crippen LogP contribution in [-0.2, 0) is 9.84 Å². The minimum absolute atomic E-state index is 0.00772. The third-order valence-electron chi connectivity index (χ3n) is 3.16. The van der Waals surface area contributed by atoms with Crippen LogP contribution in [0.25, 0.3) is 0 Å². The number of ether oxygens (including phenoxy) is 2. The normalized spacial score (nSPS) is 19.4. The number of hydrogen-bond acceptors (Lipinski definition) is 6. The average molecular weight is 311 g/mol. The van der Waals surface area contributed by atoms with E-state index in [1.165, 1.54) is 19.6 Å². The highest BCUT2D eigenvalue weighted by molar-refractivity contribution is 7.94. The third kappa shape index (κ3) is 3.83. The molecule has 0 aromatic heterocycles. The molecule has 0 unspecified atom stereocenters. The molecule has 1 heterocycles. The van der Waals surface area contributed by atoms with E-state index >= 15 is 0 Å². The monoisotopic (exact) mass is 311 g/mol. The molecule has 1 aliphatic heterocycles. The molecule has 0 fully saturated rings. The molecule has 0 saturated heterocycles. The van der Waals surface area contributed by atoms with Crippen molar-refractivity contribution in [3.63, 3.8) is 0 Å². The van der Waals surface area contributed by atoms with Gasteiger partial charge in [0.1, 0.15) is 0 Å². The van der Waals surface area contributed by atoms with Gasteiger partial charge >= 0.3 is 0 Å². The molecule has 0 spiro atoms. The number of sulfone groups is 1. The summed E-state index contributed by atoms with van der Waals surface area (Å²) in [4.78, 5) is 12.1. The van der Waals surface area contributed by atoms with Crippen molar-refractivity contribution in [2.24, 2.45) is 0 Å². The molecule has 0 amide bonds. The van der Waals surface area contributed by atoms with Crippen LogP contribution in [0.4, 0.5) is 0 Å². The van der Waals surface area contributed by atoms with Crippen molar-refractivity contribution in [1.29, 1.82) is 0 Å². The number of Topliss-reactive ketones (excluding diaryl/α,β-unsaturated/α-hetero) is 1. The van der Waals surface area contributed by atoms with Gasteiger partial charge < -0.3 is 14.8 Å². The molecule has 6 nitrogen and oxygen atoms in total. The molecule has 0 saturated carbocycles. The first-order valence-corrected chi connectivity index (χ1v) is 8.06. The summed E-state index contributed by atoms with van der Waals surface area (Å²) >= 11 is 0. The van der Waals surface area contributed by atoms with E-state index in [9.17, 15) is 13.2 Å². The molecular formula is C14H17NO5S. The number of carbonyl (C=O) groups excluding carboxylic acids is 1. The molecule has 114 valence electrons.